The lowest BCUT2D eigenvalue weighted by Crippen LogP contribution is -2.45. The van der Waals surface area contributed by atoms with E-state index >= 15 is 0 Å². The number of carboxylic acid groups (broad SMARTS) is 1. The van der Waals surface area contributed by atoms with Gasteiger partial charge in [0.25, 0.3) is 5.91 Å². The van der Waals surface area contributed by atoms with Gasteiger partial charge in [-0.1, -0.05) is 20.3 Å². The molecule has 1 heterocycles. The van der Waals surface area contributed by atoms with E-state index in [1.165, 1.54) is 0 Å². The maximum atomic E-state index is 12.7. The number of aliphatic carboxylic acids is 1. The van der Waals surface area contributed by atoms with Crippen molar-refractivity contribution in [3.8, 4) is 11.5 Å². The summed E-state index contributed by atoms with van der Waals surface area (Å²) < 4.78 is 12.3. The van der Waals surface area contributed by atoms with Crippen LogP contribution in [0, 0.1) is 5.92 Å². The number of carboxylic acids is 1. The number of rotatable bonds is 7. The fourth-order valence-electron chi connectivity index (χ4n) is 2.78. The molecular weight excluding hydrogens is 324 g/mol. The lowest BCUT2D eigenvalue weighted by atomic mass is 9.99. The summed E-state index contributed by atoms with van der Waals surface area (Å²) in [5.41, 5.74) is 1.12. The molecule has 7 heteroatoms. The van der Waals surface area contributed by atoms with Crippen molar-refractivity contribution in [3.05, 3.63) is 23.9 Å². The van der Waals surface area contributed by atoms with Crippen molar-refractivity contribution in [3.63, 3.8) is 0 Å². The molecule has 2 aromatic rings. The first-order valence-electron chi connectivity index (χ1n) is 8.09. The molecule has 0 aliphatic heterocycles. The highest BCUT2D eigenvalue weighted by molar-refractivity contribution is 6.02. The van der Waals surface area contributed by atoms with E-state index in [4.69, 9.17) is 9.47 Å². The Labute approximate surface area is 146 Å². The Morgan fingerprint density at radius 1 is 1.24 bits per heavy atom. The summed E-state index contributed by atoms with van der Waals surface area (Å²) in [6, 6.07) is 4.30. The largest absolute Gasteiger partial charge is 0.497 e. The fourth-order valence-corrected chi connectivity index (χ4v) is 2.78. The summed E-state index contributed by atoms with van der Waals surface area (Å²) >= 11 is 0. The molecule has 0 fully saturated rings. The van der Waals surface area contributed by atoms with Crippen LogP contribution in [0.1, 0.15) is 30.8 Å². The van der Waals surface area contributed by atoms with Gasteiger partial charge in [-0.15, -0.1) is 0 Å². The van der Waals surface area contributed by atoms with Gasteiger partial charge >= 0.3 is 5.97 Å². The summed E-state index contributed by atoms with van der Waals surface area (Å²) in [6.07, 6.45) is 0.650. The number of hydrogen-bond donors (Lipinski definition) is 2. The van der Waals surface area contributed by atoms with Gasteiger partial charge in [-0.05, 0) is 12.0 Å². The molecular formula is C18H24N2O5. The number of hydrogen-bond acceptors (Lipinski definition) is 4. The molecule has 7 nitrogen and oxygen atoms in total. The fraction of sp³-hybridized carbons (Fsp3) is 0.444. The van der Waals surface area contributed by atoms with Gasteiger partial charge in [-0.3, -0.25) is 4.79 Å². The highest BCUT2D eigenvalue weighted by Crippen LogP contribution is 2.33. The van der Waals surface area contributed by atoms with Crippen LogP contribution in [0.15, 0.2) is 18.2 Å². The number of amides is 1. The first-order valence-corrected chi connectivity index (χ1v) is 8.09. The van der Waals surface area contributed by atoms with Crippen molar-refractivity contribution in [2.24, 2.45) is 13.0 Å². The Balaban J connectivity index is 2.45. The molecule has 2 atom stereocenters. The molecule has 1 aromatic heterocycles. The lowest BCUT2D eigenvalue weighted by Gasteiger charge is -2.20. The van der Waals surface area contributed by atoms with Crippen molar-refractivity contribution in [2.45, 2.75) is 26.3 Å². The normalized spacial score (nSPS) is 13.3. The minimum atomic E-state index is -1.04. The second kappa shape index (κ2) is 7.46. The average molecular weight is 348 g/mol. The van der Waals surface area contributed by atoms with E-state index in [2.05, 4.69) is 5.32 Å². The Bertz CT molecular complexity index is 796. The SMILES string of the molecule is CCC(C)[C@H](NC(=O)c1cc2c(OC)cc(OC)cc2n1C)C(=O)O. The third-order valence-electron chi connectivity index (χ3n) is 4.55. The molecule has 1 aromatic carbocycles. The number of nitrogens with one attached hydrogen (secondary N) is 1. The molecule has 2 rings (SSSR count). The molecule has 2 N–H and O–H groups in total. The van der Waals surface area contributed by atoms with Crippen molar-refractivity contribution in [2.75, 3.05) is 14.2 Å². The highest BCUT2D eigenvalue weighted by Gasteiger charge is 2.27. The van der Waals surface area contributed by atoms with Crippen molar-refractivity contribution in [1.82, 2.24) is 9.88 Å². The van der Waals surface area contributed by atoms with Crippen LogP contribution >= 0.6 is 0 Å². The zero-order valence-corrected chi connectivity index (χ0v) is 15.1. The quantitative estimate of drug-likeness (QED) is 0.802. The van der Waals surface area contributed by atoms with Crippen LogP contribution in [-0.2, 0) is 11.8 Å². The minimum Gasteiger partial charge on any atom is -0.497 e. The van der Waals surface area contributed by atoms with Crippen LogP contribution in [0.5, 0.6) is 11.5 Å². The highest BCUT2D eigenvalue weighted by atomic mass is 16.5. The van der Waals surface area contributed by atoms with Gasteiger partial charge < -0.3 is 24.5 Å². The lowest BCUT2D eigenvalue weighted by molar-refractivity contribution is -0.140. The number of carbonyl (C=O) groups excluding carboxylic acids is 1. The van der Waals surface area contributed by atoms with E-state index < -0.39 is 17.9 Å². The number of ether oxygens (including phenoxy) is 2. The Hall–Kier alpha value is -2.70. The molecule has 1 amide bonds. The van der Waals surface area contributed by atoms with Crippen LogP contribution in [0.3, 0.4) is 0 Å². The standard InChI is InChI=1S/C18H24N2O5/c1-6-10(2)16(18(22)23)19-17(21)14-9-12-13(20(14)3)7-11(24-4)8-15(12)25-5/h7-10,16H,6H2,1-5H3,(H,19,21)(H,22,23)/t10?,16-/m0/s1. The van der Waals surface area contributed by atoms with Crippen LogP contribution in [-0.4, -0.2) is 41.8 Å². The average Bonchev–Trinajstić information content (AvgIpc) is 2.94. The number of carbonyl (C=O) groups is 2. The molecule has 0 aliphatic carbocycles. The number of fused-ring (bicyclic) bond motifs is 1. The van der Waals surface area contributed by atoms with E-state index in [9.17, 15) is 14.7 Å². The van der Waals surface area contributed by atoms with Gasteiger partial charge in [0, 0.05) is 24.6 Å². The molecule has 136 valence electrons. The van der Waals surface area contributed by atoms with Gasteiger partial charge in [0.15, 0.2) is 0 Å². The number of aryl methyl sites for hydroxylation is 1. The number of benzene rings is 1. The van der Waals surface area contributed by atoms with Crippen LogP contribution in [0.4, 0.5) is 0 Å². The smallest absolute Gasteiger partial charge is 0.326 e. The van der Waals surface area contributed by atoms with E-state index in [1.54, 1.807) is 51.0 Å². The maximum Gasteiger partial charge on any atom is 0.326 e. The number of methoxy groups -OCH3 is 2. The van der Waals surface area contributed by atoms with Crippen LogP contribution in [0.2, 0.25) is 0 Å². The van der Waals surface area contributed by atoms with Gasteiger partial charge in [0.05, 0.1) is 19.7 Å². The molecule has 0 spiro atoms. The van der Waals surface area contributed by atoms with Gasteiger partial charge in [-0.25, -0.2) is 4.79 Å². The van der Waals surface area contributed by atoms with E-state index in [-0.39, 0.29) is 5.92 Å². The molecule has 0 radical (unpaired) electrons. The van der Waals surface area contributed by atoms with E-state index in [0.29, 0.717) is 23.6 Å². The third-order valence-corrected chi connectivity index (χ3v) is 4.55. The second-order valence-electron chi connectivity index (χ2n) is 6.03. The van der Waals surface area contributed by atoms with Gasteiger partial charge in [0.1, 0.15) is 23.2 Å². The van der Waals surface area contributed by atoms with E-state index in [1.807, 2.05) is 6.92 Å². The molecule has 1 unspecified atom stereocenters. The summed E-state index contributed by atoms with van der Waals surface area (Å²) in [6.45, 7) is 3.69. The minimum absolute atomic E-state index is 0.175. The summed E-state index contributed by atoms with van der Waals surface area (Å²) in [5, 5.41) is 12.7. The number of nitrogens with zero attached hydrogens (tertiary/aromatic N) is 1. The molecule has 0 aliphatic rings. The zero-order valence-electron chi connectivity index (χ0n) is 15.1. The summed E-state index contributed by atoms with van der Waals surface area (Å²) in [7, 11) is 4.85. The van der Waals surface area contributed by atoms with Crippen molar-refractivity contribution >= 4 is 22.8 Å². The Kier molecular flexibility index (Phi) is 5.56. The van der Waals surface area contributed by atoms with Gasteiger partial charge in [0.2, 0.25) is 0 Å². The maximum absolute atomic E-state index is 12.7. The van der Waals surface area contributed by atoms with Crippen molar-refractivity contribution < 1.29 is 24.2 Å². The molecule has 0 bridgehead atoms. The third kappa shape index (κ3) is 3.55. The predicted molar refractivity (Wildman–Crippen MR) is 94.4 cm³/mol. The predicted octanol–water partition coefficient (Wildman–Crippen LogP) is 2.42. The zero-order chi connectivity index (χ0) is 18.7. The molecule has 0 saturated carbocycles. The topological polar surface area (TPSA) is 89.8 Å². The summed E-state index contributed by atoms with van der Waals surface area (Å²) in [5.74, 6) is -0.458. The van der Waals surface area contributed by atoms with Crippen molar-refractivity contribution in [1.29, 1.82) is 0 Å². The van der Waals surface area contributed by atoms with Crippen LogP contribution < -0.4 is 14.8 Å². The summed E-state index contributed by atoms with van der Waals surface area (Å²) in [4.78, 5) is 24.1. The molecule has 0 saturated heterocycles. The molecule has 25 heavy (non-hydrogen) atoms. The van der Waals surface area contributed by atoms with Gasteiger partial charge in [-0.2, -0.15) is 0 Å². The monoisotopic (exact) mass is 348 g/mol. The Morgan fingerprint density at radius 2 is 1.92 bits per heavy atom. The first kappa shape index (κ1) is 18.6. The second-order valence-corrected chi connectivity index (χ2v) is 6.03. The first-order chi connectivity index (χ1) is 11.8. The Morgan fingerprint density at radius 3 is 2.44 bits per heavy atom. The van der Waals surface area contributed by atoms with E-state index in [0.717, 1.165) is 10.9 Å². The number of aromatic nitrogens is 1. The van der Waals surface area contributed by atoms with Crippen LogP contribution in [0.25, 0.3) is 10.9 Å².